The molecule has 1 heterocycles. The Bertz CT molecular complexity index is 784. The first-order valence-electron chi connectivity index (χ1n) is 5.89. The van der Waals surface area contributed by atoms with Crippen LogP contribution in [0.25, 0.3) is 0 Å². The highest BCUT2D eigenvalue weighted by atomic mass is 79.9. The minimum atomic E-state index is -3.41. The SMILES string of the molecule is CS(=O)(=O)c1cc(N)cc(C(=O)NCc2ccc(Br)s2)c1. The maximum atomic E-state index is 12.1. The van der Waals surface area contributed by atoms with Gasteiger partial charge >= 0.3 is 0 Å². The van der Waals surface area contributed by atoms with Crippen LogP contribution in [0.15, 0.2) is 39.0 Å². The Morgan fingerprint density at radius 1 is 1.33 bits per heavy atom. The molecule has 8 heteroatoms. The largest absolute Gasteiger partial charge is 0.399 e. The number of nitrogens with one attached hydrogen (secondary N) is 1. The number of carbonyl (C=O) groups excluding carboxylic acids is 1. The van der Waals surface area contributed by atoms with Gasteiger partial charge in [-0.05, 0) is 46.3 Å². The molecular formula is C13H13BrN2O3S2. The summed E-state index contributed by atoms with van der Waals surface area (Å²) in [5.74, 6) is -0.364. The van der Waals surface area contributed by atoms with E-state index < -0.39 is 9.84 Å². The van der Waals surface area contributed by atoms with Crippen LogP contribution < -0.4 is 11.1 Å². The molecule has 0 bridgehead atoms. The summed E-state index contributed by atoms with van der Waals surface area (Å²) in [5, 5.41) is 2.73. The maximum absolute atomic E-state index is 12.1. The number of benzene rings is 1. The van der Waals surface area contributed by atoms with Crippen molar-refractivity contribution in [1.82, 2.24) is 5.32 Å². The Hall–Kier alpha value is -1.38. The quantitative estimate of drug-likeness (QED) is 0.786. The predicted molar refractivity (Wildman–Crippen MR) is 87.2 cm³/mol. The number of anilines is 1. The molecule has 3 N–H and O–H groups in total. The Kier molecular flexibility index (Phi) is 4.70. The van der Waals surface area contributed by atoms with Crippen LogP contribution in [-0.4, -0.2) is 20.6 Å². The lowest BCUT2D eigenvalue weighted by Crippen LogP contribution is -2.22. The Morgan fingerprint density at radius 3 is 2.62 bits per heavy atom. The van der Waals surface area contributed by atoms with Gasteiger partial charge in [0.2, 0.25) is 0 Å². The molecule has 1 aromatic carbocycles. The van der Waals surface area contributed by atoms with Crippen molar-refractivity contribution in [3.8, 4) is 0 Å². The summed E-state index contributed by atoms with van der Waals surface area (Å²) in [5.41, 5.74) is 6.12. The minimum absolute atomic E-state index is 0.0338. The fourth-order valence-corrected chi connectivity index (χ4v) is 3.80. The van der Waals surface area contributed by atoms with Crippen molar-refractivity contribution in [2.24, 2.45) is 0 Å². The van der Waals surface area contributed by atoms with Crippen molar-refractivity contribution in [2.45, 2.75) is 11.4 Å². The lowest BCUT2D eigenvalue weighted by molar-refractivity contribution is 0.0951. The standard InChI is InChI=1S/C13H13BrN2O3S2/c1-21(18,19)11-5-8(4-9(15)6-11)13(17)16-7-10-2-3-12(14)20-10/h2-6H,7,15H2,1H3,(H,16,17). The average molecular weight is 389 g/mol. The number of nitrogens with two attached hydrogens (primary N) is 1. The number of nitrogen functional groups attached to an aromatic ring is 1. The van der Waals surface area contributed by atoms with E-state index >= 15 is 0 Å². The lowest BCUT2D eigenvalue weighted by atomic mass is 10.2. The molecule has 0 radical (unpaired) electrons. The van der Waals surface area contributed by atoms with Gasteiger partial charge in [0.15, 0.2) is 9.84 Å². The van der Waals surface area contributed by atoms with Crippen molar-refractivity contribution in [1.29, 1.82) is 0 Å². The van der Waals surface area contributed by atoms with Gasteiger partial charge in [-0.25, -0.2) is 8.42 Å². The third-order valence-corrected chi connectivity index (χ3v) is 5.39. The molecule has 2 aromatic rings. The van der Waals surface area contributed by atoms with Crippen LogP contribution in [-0.2, 0) is 16.4 Å². The molecule has 1 aromatic heterocycles. The molecule has 0 saturated heterocycles. The summed E-state index contributed by atoms with van der Waals surface area (Å²) in [6, 6.07) is 7.91. The number of rotatable bonds is 4. The summed E-state index contributed by atoms with van der Waals surface area (Å²) in [6.07, 6.45) is 1.08. The zero-order chi connectivity index (χ0) is 15.6. The van der Waals surface area contributed by atoms with E-state index in [0.29, 0.717) is 6.54 Å². The number of amides is 1. The van der Waals surface area contributed by atoms with E-state index in [0.717, 1.165) is 14.9 Å². The zero-order valence-electron chi connectivity index (χ0n) is 11.1. The monoisotopic (exact) mass is 388 g/mol. The molecule has 112 valence electrons. The van der Waals surface area contributed by atoms with Crippen molar-refractivity contribution in [3.05, 3.63) is 44.6 Å². The normalized spacial score (nSPS) is 11.3. The highest BCUT2D eigenvalue weighted by Gasteiger charge is 2.13. The Morgan fingerprint density at radius 2 is 2.05 bits per heavy atom. The Balaban J connectivity index is 2.17. The lowest BCUT2D eigenvalue weighted by Gasteiger charge is -2.07. The number of thiophene rings is 1. The first-order valence-corrected chi connectivity index (χ1v) is 9.39. The predicted octanol–water partition coefficient (Wildman–Crippen LogP) is 2.43. The molecule has 1 amide bonds. The van der Waals surface area contributed by atoms with Gasteiger partial charge in [-0.3, -0.25) is 4.79 Å². The summed E-state index contributed by atoms with van der Waals surface area (Å²) < 4.78 is 24.1. The second-order valence-corrected chi connectivity index (χ2v) is 9.01. The van der Waals surface area contributed by atoms with Crippen molar-refractivity contribution in [2.75, 3.05) is 12.0 Å². The Labute approximate surface area is 135 Å². The van der Waals surface area contributed by atoms with Crippen LogP contribution >= 0.6 is 27.3 Å². The van der Waals surface area contributed by atoms with Gasteiger partial charge in [0.1, 0.15) is 0 Å². The molecule has 0 aliphatic rings. The van der Waals surface area contributed by atoms with E-state index in [1.165, 1.54) is 29.5 Å². The van der Waals surface area contributed by atoms with Crippen LogP contribution in [0.5, 0.6) is 0 Å². The molecule has 0 aliphatic carbocycles. The van der Waals surface area contributed by atoms with Gasteiger partial charge in [-0.15, -0.1) is 11.3 Å². The number of hydrogen-bond acceptors (Lipinski definition) is 5. The van der Waals surface area contributed by atoms with E-state index in [9.17, 15) is 13.2 Å². The fraction of sp³-hybridized carbons (Fsp3) is 0.154. The van der Waals surface area contributed by atoms with Crippen LogP contribution in [0, 0.1) is 0 Å². The molecule has 0 saturated carbocycles. The average Bonchev–Trinajstić information content (AvgIpc) is 2.80. The topological polar surface area (TPSA) is 89.3 Å². The van der Waals surface area contributed by atoms with Gasteiger partial charge < -0.3 is 11.1 Å². The molecule has 2 rings (SSSR count). The van der Waals surface area contributed by atoms with Gasteiger partial charge in [0.25, 0.3) is 5.91 Å². The van der Waals surface area contributed by atoms with Crippen LogP contribution in [0.2, 0.25) is 0 Å². The van der Waals surface area contributed by atoms with E-state index in [-0.39, 0.29) is 22.1 Å². The molecule has 5 nitrogen and oxygen atoms in total. The fourth-order valence-electron chi connectivity index (χ4n) is 1.68. The molecule has 0 aliphatic heterocycles. The minimum Gasteiger partial charge on any atom is -0.399 e. The van der Waals surface area contributed by atoms with E-state index in [1.54, 1.807) is 0 Å². The summed E-state index contributed by atoms with van der Waals surface area (Å²) >= 11 is 4.86. The van der Waals surface area contributed by atoms with Crippen molar-refractivity contribution < 1.29 is 13.2 Å². The molecular weight excluding hydrogens is 376 g/mol. The highest BCUT2D eigenvalue weighted by molar-refractivity contribution is 9.11. The zero-order valence-corrected chi connectivity index (χ0v) is 14.3. The third kappa shape index (κ3) is 4.29. The molecule has 0 spiro atoms. The summed E-state index contributed by atoms with van der Waals surface area (Å²) in [7, 11) is -3.41. The second-order valence-electron chi connectivity index (χ2n) is 4.45. The van der Waals surface area contributed by atoms with E-state index in [4.69, 9.17) is 5.73 Å². The second kappa shape index (κ2) is 6.17. The summed E-state index contributed by atoms with van der Waals surface area (Å²) in [6.45, 7) is 0.373. The van der Waals surface area contributed by atoms with Crippen LogP contribution in [0.1, 0.15) is 15.2 Å². The van der Waals surface area contributed by atoms with Crippen molar-refractivity contribution in [3.63, 3.8) is 0 Å². The third-order valence-electron chi connectivity index (χ3n) is 2.67. The number of sulfone groups is 1. The summed E-state index contributed by atoms with van der Waals surface area (Å²) in [4.78, 5) is 13.1. The van der Waals surface area contributed by atoms with Gasteiger partial charge in [-0.1, -0.05) is 0 Å². The molecule has 0 atom stereocenters. The van der Waals surface area contributed by atoms with Gasteiger partial charge in [0, 0.05) is 22.4 Å². The van der Waals surface area contributed by atoms with E-state index in [2.05, 4.69) is 21.2 Å². The molecule has 21 heavy (non-hydrogen) atoms. The number of hydrogen-bond donors (Lipinski definition) is 2. The van der Waals surface area contributed by atoms with Crippen molar-refractivity contribution >= 4 is 48.7 Å². The molecule has 0 fully saturated rings. The van der Waals surface area contributed by atoms with Gasteiger partial charge in [-0.2, -0.15) is 0 Å². The molecule has 0 unspecified atom stereocenters. The van der Waals surface area contributed by atoms with E-state index in [1.807, 2.05) is 12.1 Å². The van der Waals surface area contributed by atoms with Crippen LogP contribution in [0.4, 0.5) is 5.69 Å². The number of halogens is 1. The first kappa shape index (κ1) is 16.0. The van der Waals surface area contributed by atoms with Gasteiger partial charge in [0.05, 0.1) is 15.2 Å². The first-order chi connectivity index (χ1) is 9.75. The number of carbonyl (C=O) groups is 1. The smallest absolute Gasteiger partial charge is 0.251 e. The maximum Gasteiger partial charge on any atom is 0.251 e. The van der Waals surface area contributed by atoms with Crippen LogP contribution in [0.3, 0.4) is 0 Å². The highest BCUT2D eigenvalue weighted by Crippen LogP contribution is 2.22.